The Labute approximate surface area is 60.8 Å². The van der Waals surface area contributed by atoms with Gasteiger partial charge in [-0.3, -0.25) is 0 Å². The van der Waals surface area contributed by atoms with Gasteiger partial charge in [0, 0.05) is 5.75 Å². The molecule has 9 heavy (non-hydrogen) atoms. The Balaban J connectivity index is 2.83. The van der Waals surface area contributed by atoms with E-state index in [1.807, 2.05) is 6.26 Å². The van der Waals surface area contributed by atoms with Crippen LogP contribution in [-0.2, 0) is 4.84 Å². The Morgan fingerprint density at radius 1 is 1.78 bits per heavy atom. The van der Waals surface area contributed by atoms with Crippen LogP contribution in [0.4, 0.5) is 0 Å². The average Bonchev–Trinajstić information content (AvgIpc) is 1.80. The Morgan fingerprint density at radius 2 is 2.44 bits per heavy atom. The molecule has 0 aromatic heterocycles. The van der Waals surface area contributed by atoms with Crippen molar-refractivity contribution in [3.8, 4) is 0 Å². The molecule has 0 spiro atoms. The predicted octanol–water partition coefficient (Wildman–Crippen LogP) is 1.21. The van der Waals surface area contributed by atoms with Crippen LogP contribution in [0, 0.1) is 10.1 Å². The van der Waals surface area contributed by atoms with Gasteiger partial charge in [-0.25, -0.2) is 0 Å². The van der Waals surface area contributed by atoms with E-state index in [1.165, 1.54) is 10.8 Å². The maximum absolute atomic E-state index is 9.53. The molecule has 0 N–H and O–H groups in total. The third-order valence-corrected chi connectivity index (χ3v) is 2.26. The molecule has 0 rings (SSSR count). The summed E-state index contributed by atoms with van der Waals surface area (Å²) in [6.07, 6.45) is 1.91. The Bertz CT molecular complexity index is 89.1. The minimum atomic E-state index is -0.777. The topological polar surface area (TPSA) is 52.4 Å². The lowest BCUT2D eigenvalue weighted by atomic mass is 10.9. The molecule has 0 aliphatic carbocycles. The highest BCUT2D eigenvalue weighted by molar-refractivity contribution is 8.76. The molecule has 0 aromatic carbocycles. The molecule has 6 heteroatoms. The van der Waals surface area contributed by atoms with Gasteiger partial charge in [-0.15, -0.1) is 10.1 Å². The van der Waals surface area contributed by atoms with E-state index >= 15 is 0 Å². The van der Waals surface area contributed by atoms with E-state index in [9.17, 15) is 10.1 Å². The Kier molecular flexibility index (Phi) is 5.96. The Hall–Kier alpha value is -0.100. The van der Waals surface area contributed by atoms with Crippen molar-refractivity contribution in [2.24, 2.45) is 0 Å². The first-order valence-corrected chi connectivity index (χ1v) is 4.93. The fourth-order valence-corrected chi connectivity index (χ4v) is 1.24. The standard InChI is InChI=1S/C3H7NO3S2/c1-8-9-3-2-7-4(5)6/h2-3H2,1H3. The summed E-state index contributed by atoms with van der Waals surface area (Å²) in [5, 5.41) is 8.75. The first kappa shape index (κ1) is 8.90. The molecule has 54 valence electrons. The molecular formula is C3H7NO3S2. The van der Waals surface area contributed by atoms with Gasteiger partial charge in [-0.2, -0.15) is 0 Å². The van der Waals surface area contributed by atoms with Crippen LogP contribution in [0.3, 0.4) is 0 Å². The van der Waals surface area contributed by atoms with Crippen molar-refractivity contribution < 1.29 is 9.92 Å². The van der Waals surface area contributed by atoms with E-state index in [0.29, 0.717) is 5.75 Å². The molecule has 0 amide bonds. The fraction of sp³-hybridized carbons (Fsp3) is 1.00. The zero-order chi connectivity index (χ0) is 7.11. The average molecular weight is 169 g/mol. The van der Waals surface area contributed by atoms with Crippen LogP contribution < -0.4 is 0 Å². The number of hydrogen-bond donors (Lipinski definition) is 0. The first-order valence-electron chi connectivity index (χ1n) is 2.20. The van der Waals surface area contributed by atoms with E-state index in [0.717, 1.165) is 0 Å². The van der Waals surface area contributed by atoms with Crippen molar-refractivity contribution in [3.63, 3.8) is 0 Å². The van der Waals surface area contributed by atoms with Crippen molar-refractivity contribution in [1.29, 1.82) is 0 Å². The highest BCUT2D eigenvalue weighted by atomic mass is 33.1. The van der Waals surface area contributed by atoms with E-state index < -0.39 is 5.09 Å². The second-order valence-corrected chi connectivity index (χ2v) is 3.73. The molecule has 0 aromatic rings. The zero-order valence-electron chi connectivity index (χ0n) is 4.90. The van der Waals surface area contributed by atoms with Crippen molar-refractivity contribution in [1.82, 2.24) is 0 Å². The summed E-state index contributed by atoms with van der Waals surface area (Å²) in [7, 11) is 3.10. The second kappa shape index (κ2) is 6.03. The summed E-state index contributed by atoms with van der Waals surface area (Å²) >= 11 is 0. The molecule has 0 fully saturated rings. The van der Waals surface area contributed by atoms with E-state index in [-0.39, 0.29) is 6.61 Å². The van der Waals surface area contributed by atoms with Crippen LogP contribution in [0.5, 0.6) is 0 Å². The molecule has 0 bridgehead atoms. The van der Waals surface area contributed by atoms with E-state index in [1.54, 1.807) is 10.8 Å². The van der Waals surface area contributed by atoms with Gasteiger partial charge >= 0.3 is 0 Å². The molecule has 0 heterocycles. The molecular weight excluding hydrogens is 162 g/mol. The number of hydrogen-bond acceptors (Lipinski definition) is 5. The second-order valence-electron chi connectivity index (χ2n) is 1.05. The van der Waals surface area contributed by atoms with Gasteiger partial charge in [0.15, 0.2) is 0 Å². The summed E-state index contributed by atoms with van der Waals surface area (Å²) < 4.78 is 0. The third-order valence-electron chi connectivity index (χ3n) is 0.481. The number of rotatable bonds is 5. The predicted molar refractivity (Wildman–Crippen MR) is 38.9 cm³/mol. The fourth-order valence-electron chi connectivity index (χ4n) is 0.229. The van der Waals surface area contributed by atoms with Gasteiger partial charge in [0.05, 0.1) is 0 Å². The van der Waals surface area contributed by atoms with E-state index in [2.05, 4.69) is 4.84 Å². The molecule has 0 radical (unpaired) electrons. The smallest absolute Gasteiger partial charge is 0.294 e. The Morgan fingerprint density at radius 3 is 2.89 bits per heavy atom. The molecule has 0 unspecified atom stereocenters. The zero-order valence-corrected chi connectivity index (χ0v) is 6.54. The molecule has 4 nitrogen and oxygen atoms in total. The van der Waals surface area contributed by atoms with Crippen LogP contribution in [0.15, 0.2) is 0 Å². The highest BCUT2D eigenvalue weighted by Crippen LogP contribution is 2.15. The minimum Gasteiger partial charge on any atom is -0.313 e. The summed E-state index contributed by atoms with van der Waals surface area (Å²) in [4.78, 5) is 13.6. The van der Waals surface area contributed by atoms with Crippen molar-refractivity contribution >= 4 is 21.6 Å². The van der Waals surface area contributed by atoms with Crippen LogP contribution in [0.2, 0.25) is 0 Å². The molecule has 0 saturated carbocycles. The van der Waals surface area contributed by atoms with Crippen LogP contribution in [0.1, 0.15) is 0 Å². The SMILES string of the molecule is CSSCCO[N+](=O)[O-]. The van der Waals surface area contributed by atoms with Gasteiger partial charge in [-0.05, 0) is 6.26 Å². The van der Waals surface area contributed by atoms with Gasteiger partial charge in [0.1, 0.15) is 6.61 Å². The maximum atomic E-state index is 9.53. The number of nitrogens with zero attached hydrogens (tertiary/aromatic N) is 1. The summed E-state index contributed by atoms with van der Waals surface area (Å²) in [6.45, 7) is 0.179. The monoisotopic (exact) mass is 169 g/mol. The lowest BCUT2D eigenvalue weighted by molar-refractivity contribution is -0.756. The summed E-state index contributed by atoms with van der Waals surface area (Å²) in [6, 6.07) is 0. The van der Waals surface area contributed by atoms with Gasteiger partial charge in [0.25, 0.3) is 5.09 Å². The quantitative estimate of drug-likeness (QED) is 0.268. The molecule has 0 saturated heterocycles. The summed E-state index contributed by atoms with van der Waals surface area (Å²) in [5.41, 5.74) is 0. The molecule has 0 aliphatic rings. The van der Waals surface area contributed by atoms with Crippen LogP contribution >= 0.6 is 21.6 Å². The normalized spacial score (nSPS) is 9.00. The molecule has 0 atom stereocenters. The summed E-state index contributed by atoms with van der Waals surface area (Å²) in [5.74, 6) is 0.655. The van der Waals surface area contributed by atoms with Crippen molar-refractivity contribution in [2.75, 3.05) is 18.6 Å². The van der Waals surface area contributed by atoms with E-state index in [4.69, 9.17) is 0 Å². The minimum absolute atomic E-state index is 0.179. The van der Waals surface area contributed by atoms with Gasteiger partial charge < -0.3 is 4.84 Å². The highest BCUT2D eigenvalue weighted by Gasteiger charge is 1.92. The van der Waals surface area contributed by atoms with Crippen LogP contribution in [-0.4, -0.2) is 23.7 Å². The maximum Gasteiger partial charge on any atom is 0.294 e. The molecule has 0 aliphatic heterocycles. The first-order chi connectivity index (χ1) is 4.27. The lowest BCUT2D eigenvalue weighted by Crippen LogP contribution is -2.03. The van der Waals surface area contributed by atoms with Gasteiger partial charge in [-0.1, -0.05) is 21.6 Å². The third kappa shape index (κ3) is 7.90. The van der Waals surface area contributed by atoms with Crippen molar-refractivity contribution in [3.05, 3.63) is 10.1 Å². The largest absolute Gasteiger partial charge is 0.313 e. The lowest BCUT2D eigenvalue weighted by Gasteiger charge is -1.94. The van der Waals surface area contributed by atoms with Crippen molar-refractivity contribution in [2.45, 2.75) is 0 Å². The van der Waals surface area contributed by atoms with Gasteiger partial charge in [0.2, 0.25) is 0 Å². The van der Waals surface area contributed by atoms with Crippen LogP contribution in [0.25, 0.3) is 0 Å².